The fraction of sp³-hybridized carbons (Fsp3) is 0.429. The molecule has 92 valence electrons. The highest BCUT2D eigenvalue weighted by molar-refractivity contribution is 5.76. The molecule has 1 saturated heterocycles. The van der Waals surface area contributed by atoms with Crippen molar-refractivity contribution < 1.29 is 4.74 Å². The number of H-pyrrole nitrogens is 1. The first-order valence-electron chi connectivity index (χ1n) is 6.25. The molecule has 4 nitrogen and oxygen atoms in total. The predicted molar refractivity (Wildman–Crippen MR) is 68.1 cm³/mol. The number of fused-ring (bicyclic) bond motifs is 1. The third-order valence-corrected chi connectivity index (χ3v) is 3.62. The summed E-state index contributed by atoms with van der Waals surface area (Å²) < 4.78 is 5.46. The Morgan fingerprint density at radius 3 is 3.17 bits per heavy atom. The first-order chi connectivity index (χ1) is 8.78. The van der Waals surface area contributed by atoms with Crippen LogP contribution in [-0.2, 0) is 4.74 Å². The number of benzene rings is 1. The zero-order valence-electron chi connectivity index (χ0n) is 10.3. The summed E-state index contributed by atoms with van der Waals surface area (Å²) in [5.74, 6) is 1.93. The monoisotopic (exact) mass is 241 g/mol. The standard InChI is InChI=1S/C14H15N3O/c1-9-8-18-5-4-11(9)14-16-12-3-2-10(7-15)6-13(12)17-14/h2-3,6,9,11H,4-5,8H2,1H3,(H,16,17). The molecule has 1 fully saturated rings. The number of nitriles is 1. The van der Waals surface area contributed by atoms with Crippen molar-refractivity contribution in [3.63, 3.8) is 0 Å². The second kappa shape index (κ2) is 4.43. The molecule has 1 aliphatic rings. The maximum absolute atomic E-state index is 8.89. The van der Waals surface area contributed by atoms with Crippen LogP contribution in [0.1, 0.15) is 30.7 Å². The summed E-state index contributed by atoms with van der Waals surface area (Å²) in [6.45, 7) is 3.79. The number of ether oxygens (including phenoxy) is 1. The van der Waals surface area contributed by atoms with Crippen LogP contribution in [0.2, 0.25) is 0 Å². The minimum Gasteiger partial charge on any atom is -0.381 e. The summed E-state index contributed by atoms with van der Waals surface area (Å²) in [4.78, 5) is 7.99. The normalized spacial score (nSPS) is 24.0. The van der Waals surface area contributed by atoms with Crippen molar-refractivity contribution in [2.45, 2.75) is 19.3 Å². The minimum absolute atomic E-state index is 0.427. The van der Waals surface area contributed by atoms with Gasteiger partial charge in [-0.25, -0.2) is 4.98 Å². The lowest BCUT2D eigenvalue weighted by Crippen LogP contribution is -2.24. The van der Waals surface area contributed by atoms with E-state index in [1.807, 2.05) is 12.1 Å². The van der Waals surface area contributed by atoms with Gasteiger partial charge in [0.25, 0.3) is 0 Å². The van der Waals surface area contributed by atoms with Gasteiger partial charge in [0.2, 0.25) is 0 Å². The van der Waals surface area contributed by atoms with E-state index in [4.69, 9.17) is 10.00 Å². The van der Waals surface area contributed by atoms with Crippen LogP contribution in [0.3, 0.4) is 0 Å². The molecule has 2 aromatic rings. The molecule has 0 bridgehead atoms. The maximum atomic E-state index is 8.89. The van der Waals surface area contributed by atoms with Crippen molar-refractivity contribution in [2.24, 2.45) is 5.92 Å². The quantitative estimate of drug-likeness (QED) is 0.834. The van der Waals surface area contributed by atoms with E-state index in [2.05, 4.69) is 23.0 Å². The van der Waals surface area contributed by atoms with Crippen LogP contribution in [-0.4, -0.2) is 23.2 Å². The zero-order valence-corrected chi connectivity index (χ0v) is 10.3. The first kappa shape index (κ1) is 11.2. The number of hydrogen-bond acceptors (Lipinski definition) is 3. The molecule has 2 unspecified atom stereocenters. The lowest BCUT2D eigenvalue weighted by molar-refractivity contribution is 0.0455. The molecule has 3 rings (SSSR count). The molecule has 1 aromatic heterocycles. The number of hydrogen-bond donors (Lipinski definition) is 1. The predicted octanol–water partition coefficient (Wildman–Crippen LogP) is 2.57. The summed E-state index contributed by atoms with van der Waals surface area (Å²) in [5, 5.41) is 8.89. The van der Waals surface area contributed by atoms with Crippen molar-refractivity contribution in [3.8, 4) is 6.07 Å². The second-order valence-corrected chi connectivity index (χ2v) is 4.91. The average Bonchev–Trinajstić information content (AvgIpc) is 2.81. The van der Waals surface area contributed by atoms with Crippen molar-refractivity contribution >= 4 is 11.0 Å². The fourth-order valence-corrected chi connectivity index (χ4v) is 2.56. The Morgan fingerprint density at radius 2 is 2.39 bits per heavy atom. The molecule has 0 radical (unpaired) electrons. The molecule has 4 heteroatoms. The third kappa shape index (κ3) is 1.87. The highest BCUT2D eigenvalue weighted by atomic mass is 16.5. The van der Waals surface area contributed by atoms with Crippen LogP contribution in [0.5, 0.6) is 0 Å². The molecule has 2 heterocycles. The van der Waals surface area contributed by atoms with Crippen molar-refractivity contribution in [1.29, 1.82) is 5.26 Å². The molecule has 1 aliphatic heterocycles. The maximum Gasteiger partial charge on any atom is 0.110 e. The number of rotatable bonds is 1. The number of imidazole rings is 1. The Hall–Kier alpha value is -1.86. The van der Waals surface area contributed by atoms with Gasteiger partial charge in [0.05, 0.1) is 22.7 Å². The van der Waals surface area contributed by atoms with Gasteiger partial charge in [-0.05, 0) is 30.5 Å². The molecular weight excluding hydrogens is 226 g/mol. The summed E-state index contributed by atoms with van der Waals surface area (Å²) >= 11 is 0. The number of aromatic amines is 1. The van der Waals surface area contributed by atoms with Gasteiger partial charge in [0.15, 0.2) is 0 Å². The largest absolute Gasteiger partial charge is 0.381 e. The van der Waals surface area contributed by atoms with Crippen LogP contribution in [0.15, 0.2) is 18.2 Å². The molecule has 0 aliphatic carbocycles. The Morgan fingerprint density at radius 1 is 1.50 bits per heavy atom. The second-order valence-electron chi connectivity index (χ2n) is 4.91. The molecule has 2 atom stereocenters. The minimum atomic E-state index is 0.427. The van der Waals surface area contributed by atoms with E-state index in [1.54, 1.807) is 6.07 Å². The number of nitrogens with one attached hydrogen (secondary N) is 1. The average molecular weight is 241 g/mol. The van der Waals surface area contributed by atoms with Gasteiger partial charge in [-0.3, -0.25) is 0 Å². The van der Waals surface area contributed by atoms with Crippen molar-refractivity contribution in [1.82, 2.24) is 9.97 Å². The lowest BCUT2D eigenvalue weighted by Gasteiger charge is -2.27. The fourth-order valence-electron chi connectivity index (χ4n) is 2.56. The number of nitrogens with zero attached hydrogens (tertiary/aromatic N) is 2. The van der Waals surface area contributed by atoms with Crippen LogP contribution < -0.4 is 0 Å². The molecule has 0 spiro atoms. The van der Waals surface area contributed by atoms with E-state index in [0.29, 0.717) is 17.4 Å². The van der Waals surface area contributed by atoms with E-state index in [-0.39, 0.29) is 0 Å². The van der Waals surface area contributed by atoms with E-state index >= 15 is 0 Å². The van der Waals surface area contributed by atoms with Crippen molar-refractivity contribution in [2.75, 3.05) is 13.2 Å². The Balaban J connectivity index is 2.00. The Bertz CT molecular complexity index is 611. The summed E-state index contributed by atoms with van der Waals surface area (Å²) in [5.41, 5.74) is 2.54. The van der Waals surface area contributed by atoms with E-state index in [9.17, 15) is 0 Å². The van der Waals surface area contributed by atoms with Crippen LogP contribution in [0, 0.1) is 17.2 Å². The summed E-state index contributed by atoms with van der Waals surface area (Å²) in [6.07, 6.45) is 1.01. The summed E-state index contributed by atoms with van der Waals surface area (Å²) in [6, 6.07) is 7.71. The van der Waals surface area contributed by atoms with E-state index in [0.717, 1.165) is 36.5 Å². The molecular formula is C14H15N3O. The van der Waals surface area contributed by atoms with Gasteiger partial charge in [0, 0.05) is 19.1 Å². The molecule has 1 N–H and O–H groups in total. The number of aromatic nitrogens is 2. The summed E-state index contributed by atoms with van der Waals surface area (Å²) in [7, 11) is 0. The van der Waals surface area contributed by atoms with E-state index in [1.165, 1.54) is 0 Å². The first-order valence-corrected chi connectivity index (χ1v) is 6.25. The molecule has 0 saturated carbocycles. The SMILES string of the molecule is CC1COCCC1c1nc2ccc(C#N)cc2[nH]1. The van der Waals surface area contributed by atoms with Crippen LogP contribution >= 0.6 is 0 Å². The molecule has 0 amide bonds. The highest BCUT2D eigenvalue weighted by Gasteiger charge is 2.26. The zero-order chi connectivity index (χ0) is 12.5. The van der Waals surface area contributed by atoms with Gasteiger partial charge in [0.1, 0.15) is 5.82 Å². The van der Waals surface area contributed by atoms with Gasteiger partial charge in [-0.1, -0.05) is 6.92 Å². The van der Waals surface area contributed by atoms with Gasteiger partial charge in [-0.15, -0.1) is 0 Å². The third-order valence-electron chi connectivity index (χ3n) is 3.62. The lowest BCUT2D eigenvalue weighted by atomic mass is 9.89. The topological polar surface area (TPSA) is 61.7 Å². The van der Waals surface area contributed by atoms with Crippen LogP contribution in [0.25, 0.3) is 11.0 Å². The van der Waals surface area contributed by atoms with E-state index < -0.39 is 0 Å². The highest BCUT2D eigenvalue weighted by Crippen LogP contribution is 2.31. The van der Waals surface area contributed by atoms with Crippen molar-refractivity contribution in [3.05, 3.63) is 29.6 Å². The Kier molecular flexibility index (Phi) is 2.77. The van der Waals surface area contributed by atoms with Gasteiger partial charge >= 0.3 is 0 Å². The van der Waals surface area contributed by atoms with Gasteiger partial charge < -0.3 is 9.72 Å². The smallest absolute Gasteiger partial charge is 0.110 e. The van der Waals surface area contributed by atoms with Crippen LogP contribution in [0.4, 0.5) is 0 Å². The molecule has 1 aromatic carbocycles. The molecule has 18 heavy (non-hydrogen) atoms. The van der Waals surface area contributed by atoms with Gasteiger partial charge in [-0.2, -0.15) is 5.26 Å². The Labute approximate surface area is 106 Å².